The molecule has 1 aromatic heterocycles. The van der Waals surface area contributed by atoms with Crippen molar-refractivity contribution >= 4 is 25.8 Å². The molecule has 114 valence electrons. The first-order valence-electron chi connectivity index (χ1n) is 6.96. The van der Waals surface area contributed by atoms with Gasteiger partial charge in [0.2, 0.25) is 5.88 Å². The van der Waals surface area contributed by atoms with E-state index in [9.17, 15) is 0 Å². The largest absolute Gasteiger partial charge is 0.491 e. The molecule has 2 heterocycles. The number of methoxy groups -OCH3 is 1. The molecular weight excluding hydrogens is 285 g/mol. The summed E-state index contributed by atoms with van der Waals surface area (Å²) in [4.78, 5) is 4.19. The summed E-state index contributed by atoms with van der Waals surface area (Å²) in [7, 11) is 1.22. The number of rotatable bonds is 4. The second-order valence-electron chi connectivity index (χ2n) is 6.10. The third-order valence-electron chi connectivity index (χ3n) is 4.06. The third kappa shape index (κ3) is 3.44. The van der Waals surface area contributed by atoms with Crippen LogP contribution in [0.3, 0.4) is 0 Å². The third-order valence-corrected chi connectivity index (χ3v) is 4.42. The van der Waals surface area contributed by atoms with Crippen molar-refractivity contribution in [3.8, 4) is 5.88 Å². The standard InChI is InChI=1S/C15H22BNO3S/c1-14(2)15(3,4)20-16(19-14)12(10-21)8-11-6-7-13(18-5)17-9-11/h6-9,21H,10H2,1-5H3. The highest BCUT2D eigenvalue weighted by Crippen LogP contribution is 2.38. The first-order chi connectivity index (χ1) is 9.79. The van der Waals surface area contributed by atoms with E-state index in [0.717, 1.165) is 11.0 Å². The van der Waals surface area contributed by atoms with E-state index < -0.39 is 0 Å². The van der Waals surface area contributed by atoms with Gasteiger partial charge in [0, 0.05) is 18.0 Å². The van der Waals surface area contributed by atoms with Crippen LogP contribution in [0.5, 0.6) is 5.88 Å². The highest BCUT2D eigenvalue weighted by atomic mass is 32.1. The van der Waals surface area contributed by atoms with Gasteiger partial charge in [-0.15, -0.1) is 0 Å². The zero-order chi connectivity index (χ0) is 15.7. The molecule has 4 nitrogen and oxygen atoms in total. The molecule has 21 heavy (non-hydrogen) atoms. The second-order valence-corrected chi connectivity index (χ2v) is 6.42. The maximum Gasteiger partial charge on any atom is 0.491 e. The summed E-state index contributed by atoms with van der Waals surface area (Å²) in [6.07, 6.45) is 3.76. The van der Waals surface area contributed by atoms with Crippen molar-refractivity contribution in [3.63, 3.8) is 0 Å². The van der Waals surface area contributed by atoms with Crippen molar-refractivity contribution in [2.45, 2.75) is 38.9 Å². The van der Waals surface area contributed by atoms with Gasteiger partial charge < -0.3 is 14.0 Å². The van der Waals surface area contributed by atoms with Crippen LogP contribution in [-0.2, 0) is 9.31 Å². The maximum absolute atomic E-state index is 6.05. The highest BCUT2D eigenvalue weighted by Gasteiger charge is 2.52. The molecule has 0 aliphatic carbocycles. The van der Waals surface area contributed by atoms with Crippen molar-refractivity contribution < 1.29 is 14.0 Å². The number of hydrogen-bond donors (Lipinski definition) is 1. The van der Waals surface area contributed by atoms with E-state index in [-0.39, 0.29) is 18.3 Å². The Morgan fingerprint density at radius 1 is 1.29 bits per heavy atom. The first-order valence-corrected chi connectivity index (χ1v) is 7.59. The van der Waals surface area contributed by atoms with Gasteiger partial charge in [0.05, 0.1) is 18.3 Å². The van der Waals surface area contributed by atoms with E-state index >= 15 is 0 Å². The van der Waals surface area contributed by atoms with E-state index in [1.54, 1.807) is 13.3 Å². The zero-order valence-corrected chi connectivity index (χ0v) is 14.1. The lowest BCUT2D eigenvalue weighted by atomic mass is 9.78. The summed E-state index contributed by atoms with van der Waals surface area (Å²) >= 11 is 4.40. The van der Waals surface area contributed by atoms with Gasteiger partial charge in [-0.25, -0.2) is 4.98 Å². The van der Waals surface area contributed by atoms with E-state index in [1.807, 2.05) is 45.9 Å². The van der Waals surface area contributed by atoms with E-state index in [0.29, 0.717) is 11.6 Å². The van der Waals surface area contributed by atoms with Crippen molar-refractivity contribution in [2.24, 2.45) is 0 Å². The van der Waals surface area contributed by atoms with Gasteiger partial charge in [-0.3, -0.25) is 0 Å². The Morgan fingerprint density at radius 3 is 2.33 bits per heavy atom. The molecule has 2 rings (SSSR count). The van der Waals surface area contributed by atoms with Gasteiger partial charge >= 0.3 is 7.12 Å². The zero-order valence-electron chi connectivity index (χ0n) is 13.2. The number of thiol groups is 1. The smallest absolute Gasteiger partial charge is 0.481 e. The normalized spacial score (nSPS) is 20.7. The molecule has 0 unspecified atom stereocenters. The molecule has 0 saturated carbocycles. The van der Waals surface area contributed by atoms with E-state index in [4.69, 9.17) is 14.0 Å². The van der Waals surface area contributed by atoms with E-state index in [2.05, 4.69) is 17.6 Å². The lowest BCUT2D eigenvalue weighted by Crippen LogP contribution is -2.41. The molecule has 1 aromatic rings. The molecule has 0 aromatic carbocycles. The molecule has 1 aliphatic heterocycles. The second kappa shape index (κ2) is 6.03. The summed E-state index contributed by atoms with van der Waals surface area (Å²) in [6.45, 7) is 8.16. The predicted molar refractivity (Wildman–Crippen MR) is 88.7 cm³/mol. The van der Waals surface area contributed by atoms with Crippen molar-refractivity contribution in [3.05, 3.63) is 29.4 Å². The minimum Gasteiger partial charge on any atom is -0.481 e. The molecule has 0 atom stereocenters. The highest BCUT2D eigenvalue weighted by molar-refractivity contribution is 7.80. The van der Waals surface area contributed by atoms with Crippen molar-refractivity contribution in [1.82, 2.24) is 4.98 Å². The molecule has 0 spiro atoms. The van der Waals surface area contributed by atoms with Crippen LogP contribution in [0.4, 0.5) is 0 Å². The van der Waals surface area contributed by atoms with Crippen LogP contribution in [0.2, 0.25) is 0 Å². The van der Waals surface area contributed by atoms with Gasteiger partial charge in [-0.2, -0.15) is 12.6 Å². The summed E-state index contributed by atoms with van der Waals surface area (Å²) in [5.41, 5.74) is 1.24. The summed E-state index contributed by atoms with van der Waals surface area (Å²) < 4.78 is 17.2. The molecule has 0 radical (unpaired) electrons. The minimum absolute atomic E-state index is 0.349. The van der Waals surface area contributed by atoms with Crippen LogP contribution in [0.25, 0.3) is 6.08 Å². The maximum atomic E-state index is 6.05. The molecule has 1 saturated heterocycles. The van der Waals surface area contributed by atoms with Crippen LogP contribution >= 0.6 is 12.6 Å². The van der Waals surface area contributed by atoms with Gasteiger partial charge in [-0.1, -0.05) is 6.08 Å². The van der Waals surface area contributed by atoms with Crippen molar-refractivity contribution in [2.75, 3.05) is 12.9 Å². The number of pyridine rings is 1. The van der Waals surface area contributed by atoms with Crippen LogP contribution in [0.15, 0.2) is 23.8 Å². The van der Waals surface area contributed by atoms with Gasteiger partial charge in [0.25, 0.3) is 0 Å². The molecule has 0 bridgehead atoms. The van der Waals surface area contributed by atoms with Gasteiger partial charge in [0.1, 0.15) is 0 Å². The summed E-state index contributed by atoms with van der Waals surface area (Å²) in [6, 6.07) is 3.77. The Bertz CT molecular complexity index is 512. The SMILES string of the molecule is COc1ccc(C=C(CS)B2OC(C)(C)C(C)(C)O2)cn1. The Kier molecular flexibility index (Phi) is 4.71. The van der Waals surface area contributed by atoms with Gasteiger partial charge in [0.15, 0.2) is 0 Å². The predicted octanol–water partition coefficient (Wildman–Crippen LogP) is 3.03. The molecule has 1 aliphatic rings. The Labute approximate surface area is 132 Å². The number of nitrogens with zero attached hydrogens (tertiary/aromatic N) is 1. The van der Waals surface area contributed by atoms with Crippen LogP contribution in [-0.4, -0.2) is 36.2 Å². The van der Waals surface area contributed by atoms with Crippen molar-refractivity contribution in [1.29, 1.82) is 0 Å². The number of aromatic nitrogens is 1. The first kappa shape index (κ1) is 16.4. The summed E-state index contributed by atoms with van der Waals surface area (Å²) in [5.74, 6) is 1.15. The Morgan fingerprint density at radius 2 is 1.90 bits per heavy atom. The van der Waals surface area contributed by atoms with Gasteiger partial charge in [-0.05, 0) is 44.8 Å². The minimum atomic E-state index is -0.380. The summed E-state index contributed by atoms with van der Waals surface area (Å²) in [5, 5.41) is 0. The fourth-order valence-electron chi connectivity index (χ4n) is 1.99. The van der Waals surface area contributed by atoms with Crippen LogP contribution in [0.1, 0.15) is 33.3 Å². The van der Waals surface area contributed by atoms with Crippen LogP contribution in [0, 0.1) is 0 Å². The van der Waals surface area contributed by atoms with Crippen LogP contribution < -0.4 is 4.74 Å². The topological polar surface area (TPSA) is 40.6 Å². The molecule has 1 fully saturated rings. The number of hydrogen-bond acceptors (Lipinski definition) is 5. The average molecular weight is 307 g/mol. The molecule has 6 heteroatoms. The number of ether oxygens (including phenoxy) is 1. The lowest BCUT2D eigenvalue weighted by molar-refractivity contribution is 0.00578. The molecule has 0 N–H and O–H groups in total. The monoisotopic (exact) mass is 307 g/mol. The Hall–Kier alpha value is -0.975. The van der Waals surface area contributed by atoms with E-state index in [1.165, 1.54) is 0 Å². The molecular formula is C15H22BNO3S. The fourth-order valence-corrected chi connectivity index (χ4v) is 2.23. The quantitative estimate of drug-likeness (QED) is 0.686. The average Bonchev–Trinajstić information content (AvgIpc) is 2.65. The lowest BCUT2D eigenvalue weighted by Gasteiger charge is -2.32. The fraction of sp³-hybridized carbons (Fsp3) is 0.533. The molecule has 0 amide bonds. The Balaban J connectivity index is 2.22.